The van der Waals surface area contributed by atoms with E-state index in [0.717, 1.165) is 13.1 Å². The van der Waals surface area contributed by atoms with Gasteiger partial charge < -0.3 is 10.6 Å². The van der Waals surface area contributed by atoms with E-state index in [-0.39, 0.29) is 0 Å². The van der Waals surface area contributed by atoms with Crippen LogP contribution in [-0.2, 0) is 13.1 Å². The summed E-state index contributed by atoms with van der Waals surface area (Å²) in [6, 6.07) is 17.5. The molecule has 2 nitrogen and oxygen atoms in total. The molecule has 0 amide bonds. The molecule has 0 unspecified atom stereocenters. The van der Waals surface area contributed by atoms with E-state index in [4.69, 9.17) is 5.73 Å². The van der Waals surface area contributed by atoms with E-state index < -0.39 is 0 Å². The third kappa shape index (κ3) is 4.08. The zero-order valence-electron chi connectivity index (χ0n) is 13.3. The topological polar surface area (TPSA) is 29.3 Å². The predicted octanol–water partition coefficient (Wildman–Crippen LogP) is 4.30. The van der Waals surface area contributed by atoms with Gasteiger partial charge in [-0.1, -0.05) is 50.2 Å². The third-order valence-corrected chi connectivity index (χ3v) is 3.94. The molecule has 0 heterocycles. The number of nitrogens with zero attached hydrogens (tertiary/aromatic N) is 1. The van der Waals surface area contributed by atoms with Crippen molar-refractivity contribution in [2.24, 2.45) is 5.73 Å². The minimum atomic E-state index is 0.588. The fourth-order valence-electron chi connectivity index (χ4n) is 2.46. The van der Waals surface area contributed by atoms with Crippen molar-refractivity contribution in [3.8, 4) is 0 Å². The van der Waals surface area contributed by atoms with Gasteiger partial charge in [0, 0.05) is 25.3 Å². The van der Waals surface area contributed by atoms with Crippen LogP contribution in [0.1, 0.15) is 43.4 Å². The van der Waals surface area contributed by atoms with Crippen LogP contribution in [0.15, 0.2) is 48.5 Å². The van der Waals surface area contributed by atoms with Crippen molar-refractivity contribution in [3.05, 3.63) is 65.2 Å². The Morgan fingerprint density at radius 1 is 0.905 bits per heavy atom. The molecule has 0 aliphatic heterocycles. The third-order valence-electron chi connectivity index (χ3n) is 3.94. The maximum absolute atomic E-state index is 5.66. The van der Waals surface area contributed by atoms with Crippen LogP contribution in [0.3, 0.4) is 0 Å². The van der Waals surface area contributed by atoms with Crippen LogP contribution in [-0.4, -0.2) is 6.54 Å². The molecule has 0 saturated carbocycles. The Bertz CT molecular complexity index is 541. The highest BCUT2D eigenvalue weighted by Gasteiger charge is 2.06. The molecule has 2 heteroatoms. The van der Waals surface area contributed by atoms with E-state index in [2.05, 4.69) is 74.2 Å². The molecule has 0 aliphatic carbocycles. The summed E-state index contributed by atoms with van der Waals surface area (Å²) >= 11 is 0. The number of nitrogens with two attached hydrogens (primary N) is 1. The van der Waals surface area contributed by atoms with Gasteiger partial charge in [-0.25, -0.2) is 0 Å². The summed E-state index contributed by atoms with van der Waals surface area (Å²) in [7, 11) is 0. The molecule has 112 valence electrons. The summed E-state index contributed by atoms with van der Waals surface area (Å²) in [6.07, 6.45) is 0. The van der Waals surface area contributed by atoms with Crippen molar-refractivity contribution in [3.63, 3.8) is 0 Å². The average molecular weight is 282 g/mol. The van der Waals surface area contributed by atoms with Gasteiger partial charge in [0.05, 0.1) is 0 Å². The highest BCUT2D eigenvalue weighted by molar-refractivity contribution is 5.48. The molecule has 0 atom stereocenters. The van der Waals surface area contributed by atoms with Gasteiger partial charge in [-0.15, -0.1) is 0 Å². The number of hydrogen-bond donors (Lipinski definition) is 1. The van der Waals surface area contributed by atoms with Gasteiger partial charge in [-0.3, -0.25) is 0 Å². The van der Waals surface area contributed by atoms with E-state index in [9.17, 15) is 0 Å². The van der Waals surface area contributed by atoms with Crippen LogP contribution < -0.4 is 10.6 Å². The van der Waals surface area contributed by atoms with Crippen LogP contribution in [0.2, 0.25) is 0 Å². The first-order valence-electron chi connectivity index (χ1n) is 7.76. The molecule has 0 aliphatic rings. The molecule has 2 rings (SSSR count). The minimum absolute atomic E-state index is 0.588. The molecule has 21 heavy (non-hydrogen) atoms. The van der Waals surface area contributed by atoms with Crippen LogP contribution >= 0.6 is 0 Å². The number of hydrogen-bond acceptors (Lipinski definition) is 2. The number of anilines is 1. The molecule has 0 radical (unpaired) electrons. The fraction of sp³-hybridized carbons (Fsp3) is 0.368. The molecule has 0 bridgehead atoms. The largest absolute Gasteiger partial charge is 0.367 e. The molecule has 2 aromatic rings. The fourth-order valence-corrected chi connectivity index (χ4v) is 2.46. The Labute approximate surface area is 128 Å². The highest BCUT2D eigenvalue weighted by Crippen LogP contribution is 2.20. The van der Waals surface area contributed by atoms with Gasteiger partial charge in [0.25, 0.3) is 0 Å². The van der Waals surface area contributed by atoms with Gasteiger partial charge in [-0.05, 0) is 41.7 Å². The summed E-state index contributed by atoms with van der Waals surface area (Å²) < 4.78 is 0. The van der Waals surface area contributed by atoms with E-state index in [0.29, 0.717) is 12.5 Å². The molecule has 0 aromatic heterocycles. The molecule has 0 fully saturated rings. The molecular weight excluding hydrogens is 256 g/mol. The predicted molar refractivity (Wildman–Crippen MR) is 91.6 cm³/mol. The summed E-state index contributed by atoms with van der Waals surface area (Å²) in [4.78, 5) is 2.38. The molecule has 0 spiro atoms. The first-order valence-corrected chi connectivity index (χ1v) is 7.76. The maximum atomic E-state index is 5.66. The average Bonchev–Trinajstić information content (AvgIpc) is 2.53. The standard InChI is InChI=1S/C19H26N2/c1-4-21(19-11-7-16(13-20)8-12-19)14-17-5-9-18(10-6-17)15(2)3/h5-12,15H,4,13-14,20H2,1-3H3. The Balaban J connectivity index is 2.10. The second kappa shape index (κ2) is 7.28. The molecular formula is C19H26N2. The van der Waals surface area contributed by atoms with E-state index >= 15 is 0 Å². The van der Waals surface area contributed by atoms with Crippen molar-refractivity contribution in [1.29, 1.82) is 0 Å². The van der Waals surface area contributed by atoms with Gasteiger partial charge >= 0.3 is 0 Å². The van der Waals surface area contributed by atoms with Crippen LogP contribution in [0.5, 0.6) is 0 Å². The Kier molecular flexibility index (Phi) is 5.40. The quantitative estimate of drug-likeness (QED) is 0.856. The maximum Gasteiger partial charge on any atom is 0.0429 e. The lowest BCUT2D eigenvalue weighted by Crippen LogP contribution is -2.21. The number of benzene rings is 2. The summed E-state index contributed by atoms with van der Waals surface area (Å²) in [6.45, 7) is 9.19. The normalized spacial score (nSPS) is 10.9. The van der Waals surface area contributed by atoms with Gasteiger partial charge in [-0.2, -0.15) is 0 Å². The monoisotopic (exact) mass is 282 g/mol. The summed E-state index contributed by atoms with van der Waals surface area (Å²) in [5.41, 5.74) is 10.8. The minimum Gasteiger partial charge on any atom is -0.367 e. The zero-order chi connectivity index (χ0) is 15.2. The van der Waals surface area contributed by atoms with Crippen LogP contribution in [0.25, 0.3) is 0 Å². The Morgan fingerprint density at radius 2 is 1.48 bits per heavy atom. The van der Waals surface area contributed by atoms with Crippen LogP contribution in [0, 0.1) is 0 Å². The van der Waals surface area contributed by atoms with Crippen molar-refractivity contribution in [2.45, 2.75) is 39.8 Å². The smallest absolute Gasteiger partial charge is 0.0429 e. The summed E-state index contributed by atoms with van der Waals surface area (Å²) in [5, 5.41) is 0. The summed E-state index contributed by atoms with van der Waals surface area (Å²) in [5.74, 6) is 0.588. The molecule has 2 N–H and O–H groups in total. The van der Waals surface area contributed by atoms with Crippen molar-refractivity contribution >= 4 is 5.69 Å². The number of rotatable bonds is 6. The second-order valence-electron chi connectivity index (χ2n) is 5.78. The zero-order valence-corrected chi connectivity index (χ0v) is 13.3. The molecule has 2 aromatic carbocycles. The van der Waals surface area contributed by atoms with Crippen molar-refractivity contribution < 1.29 is 0 Å². The van der Waals surface area contributed by atoms with E-state index in [1.165, 1.54) is 22.4 Å². The first-order chi connectivity index (χ1) is 10.1. The highest BCUT2D eigenvalue weighted by atomic mass is 15.1. The first kappa shape index (κ1) is 15.6. The van der Waals surface area contributed by atoms with Crippen molar-refractivity contribution in [1.82, 2.24) is 0 Å². The molecule has 0 saturated heterocycles. The lowest BCUT2D eigenvalue weighted by Gasteiger charge is -2.23. The SMILES string of the molecule is CCN(Cc1ccc(C(C)C)cc1)c1ccc(CN)cc1. The van der Waals surface area contributed by atoms with E-state index in [1.54, 1.807) is 0 Å². The van der Waals surface area contributed by atoms with Gasteiger partial charge in [0.1, 0.15) is 0 Å². The van der Waals surface area contributed by atoms with Crippen LogP contribution in [0.4, 0.5) is 5.69 Å². The van der Waals surface area contributed by atoms with E-state index in [1.807, 2.05) is 0 Å². The van der Waals surface area contributed by atoms with Gasteiger partial charge in [0.15, 0.2) is 0 Å². The Morgan fingerprint density at radius 3 is 1.95 bits per heavy atom. The lowest BCUT2D eigenvalue weighted by atomic mass is 10.0. The van der Waals surface area contributed by atoms with Gasteiger partial charge in [0.2, 0.25) is 0 Å². The Hall–Kier alpha value is -1.80. The second-order valence-corrected chi connectivity index (χ2v) is 5.78. The lowest BCUT2D eigenvalue weighted by molar-refractivity contribution is 0.826. The van der Waals surface area contributed by atoms with Crippen molar-refractivity contribution in [2.75, 3.05) is 11.4 Å².